The molecular formula is C18H19NO4. The number of amides is 1. The number of ether oxygens (including phenoxy) is 1. The van der Waals surface area contributed by atoms with Gasteiger partial charge in [-0.2, -0.15) is 0 Å². The lowest BCUT2D eigenvalue weighted by molar-refractivity contribution is 0.0649. The maximum Gasteiger partial charge on any atom is 0.257 e. The summed E-state index contributed by atoms with van der Waals surface area (Å²) >= 11 is 0. The second-order valence-corrected chi connectivity index (χ2v) is 5.67. The molecule has 2 aromatic rings. The van der Waals surface area contributed by atoms with E-state index in [-0.39, 0.29) is 17.6 Å². The Morgan fingerprint density at radius 3 is 2.35 bits per heavy atom. The molecule has 0 atom stereocenters. The van der Waals surface area contributed by atoms with Crippen LogP contribution >= 0.6 is 0 Å². The molecule has 1 aliphatic heterocycles. The largest absolute Gasteiger partial charge is 0.497 e. The molecule has 5 nitrogen and oxygen atoms in total. The highest BCUT2D eigenvalue weighted by Crippen LogP contribution is 2.24. The summed E-state index contributed by atoms with van der Waals surface area (Å²) in [6.07, 6.45) is 4.33. The molecule has 5 heteroatoms. The summed E-state index contributed by atoms with van der Waals surface area (Å²) in [5.74, 6) is 0.816. The van der Waals surface area contributed by atoms with Gasteiger partial charge < -0.3 is 14.1 Å². The second-order valence-electron chi connectivity index (χ2n) is 5.67. The van der Waals surface area contributed by atoms with Gasteiger partial charge in [0.05, 0.1) is 18.9 Å². The van der Waals surface area contributed by atoms with Gasteiger partial charge in [0.25, 0.3) is 5.91 Å². The fraction of sp³-hybridized carbons (Fsp3) is 0.333. The second kappa shape index (κ2) is 6.69. The van der Waals surface area contributed by atoms with Crippen LogP contribution in [0, 0.1) is 5.92 Å². The number of furan rings is 1. The van der Waals surface area contributed by atoms with E-state index >= 15 is 0 Å². The Morgan fingerprint density at radius 1 is 1.09 bits per heavy atom. The van der Waals surface area contributed by atoms with Gasteiger partial charge in [-0.3, -0.25) is 9.59 Å². The standard InChI is InChI=1S/C18H19NO4/c1-22-16-4-2-13(3-5-16)17(20)14-6-9-19(10-7-14)18(21)15-8-11-23-12-15/h2-5,8,11-12,14H,6-7,9-10H2,1H3. The summed E-state index contributed by atoms with van der Waals surface area (Å²) in [5, 5.41) is 0. The minimum absolute atomic E-state index is 0.0307. The number of carbonyl (C=O) groups excluding carboxylic acids is 2. The van der Waals surface area contributed by atoms with Gasteiger partial charge in [0.15, 0.2) is 5.78 Å². The summed E-state index contributed by atoms with van der Waals surface area (Å²) in [4.78, 5) is 26.6. The summed E-state index contributed by atoms with van der Waals surface area (Å²) in [5.41, 5.74) is 1.26. The third kappa shape index (κ3) is 3.28. The summed E-state index contributed by atoms with van der Waals surface area (Å²) in [7, 11) is 1.60. The molecule has 1 amide bonds. The highest BCUT2D eigenvalue weighted by molar-refractivity contribution is 5.98. The number of ketones is 1. The highest BCUT2D eigenvalue weighted by atomic mass is 16.5. The Balaban J connectivity index is 1.59. The molecule has 0 spiro atoms. The summed E-state index contributed by atoms with van der Waals surface area (Å²) in [6, 6.07) is 8.85. The Bertz CT molecular complexity index is 668. The minimum atomic E-state index is -0.0332. The topological polar surface area (TPSA) is 59.8 Å². The number of nitrogens with zero attached hydrogens (tertiary/aromatic N) is 1. The fourth-order valence-corrected chi connectivity index (χ4v) is 2.90. The number of carbonyl (C=O) groups is 2. The third-order valence-corrected chi connectivity index (χ3v) is 4.30. The lowest BCUT2D eigenvalue weighted by Crippen LogP contribution is -2.40. The van der Waals surface area contributed by atoms with Crippen LogP contribution < -0.4 is 4.74 Å². The van der Waals surface area contributed by atoms with Gasteiger partial charge >= 0.3 is 0 Å². The molecule has 0 saturated carbocycles. The average molecular weight is 313 g/mol. The molecule has 2 heterocycles. The Morgan fingerprint density at radius 2 is 1.78 bits per heavy atom. The van der Waals surface area contributed by atoms with E-state index in [2.05, 4.69) is 0 Å². The maximum atomic E-state index is 12.5. The van der Waals surface area contributed by atoms with E-state index in [9.17, 15) is 9.59 Å². The number of benzene rings is 1. The summed E-state index contributed by atoms with van der Waals surface area (Å²) < 4.78 is 10.1. The van der Waals surface area contributed by atoms with Crippen molar-refractivity contribution in [3.8, 4) is 5.75 Å². The average Bonchev–Trinajstić information content (AvgIpc) is 3.15. The lowest BCUT2D eigenvalue weighted by Gasteiger charge is -2.31. The molecule has 0 aliphatic carbocycles. The monoisotopic (exact) mass is 313 g/mol. The number of piperidine rings is 1. The van der Waals surface area contributed by atoms with E-state index in [1.165, 1.54) is 12.5 Å². The number of likely N-dealkylation sites (tertiary alicyclic amines) is 1. The molecule has 23 heavy (non-hydrogen) atoms. The van der Waals surface area contributed by atoms with E-state index in [1.54, 1.807) is 42.3 Å². The lowest BCUT2D eigenvalue weighted by atomic mass is 9.88. The number of hydrogen-bond acceptors (Lipinski definition) is 4. The van der Waals surface area contributed by atoms with Crippen molar-refractivity contribution >= 4 is 11.7 Å². The maximum absolute atomic E-state index is 12.5. The van der Waals surface area contributed by atoms with E-state index in [4.69, 9.17) is 9.15 Å². The van der Waals surface area contributed by atoms with Crippen LogP contribution in [0.1, 0.15) is 33.6 Å². The number of Topliss-reactive ketones (excluding diaryl/α,β-unsaturated/α-hetero) is 1. The predicted molar refractivity (Wildman–Crippen MR) is 84.7 cm³/mol. The van der Waals surface area contributed by atoms with Gasteiger partial charge in [0, 0.05) is 24.6 Å². The molecule has 0 unspecified atom stereocenters. The zero-order chi connectivity index (χ0) is 16.2. The zero-order valence-electron chi connectivity index (χ0n) is 13.0. The van der Waals surface area contributed by atoms with Gasteiger partial charge in [-0.05, 0) is 43.2 Å². The molecule has 120 valence electrons. The Labute approximate surface area is 134 Å². The molecule has 1 saturated heterocycles. The molecule has 0 bridgehead atoms. The van der Waals surface area contributed by atoms with Crippen LogP contribution in [0.3, 0.4) is 0 Å². The Hall–Kier alpha value is -2.56. The molecular weight excluding hydrogens is 294 g/mol. The SMILES string of the molecule is COc1ccc(C(=O)C2CCN(C(=O)c3ccoc3)CC2)cc1. The van der Waals surface area contributed by atoms with Crippen LogP contribution in [0.2, 0.25) is 0 Å². The first-order valence-corrected chi connectivity index (χ1v) is 7.69. The molecule has 0 radical (unpaired) electrons. The van der Waals surface area contributed by atoms with Gasteiger partial charge in [-0.25, -0.2) is 0 Å². The number of hydrogen-bond donors (Lipinski definition) is 0. The number of rotatable bonds is 4. The van der Waals surface area contributed by atoms with Gasteiger partial charge in [0.2, 0.25) is 0 Å². The smallest absolute Gasteiger partial charge is 0.257 e. The predicted octanol–water partition coefficient (Wildman–Crippen LogP) is 3.02. The van der Waals surface area contributed by atoms with Crippen LogP contribution in [0.25, 0.3) is 0 Å². The van der Waals surface area contributed by atoms with Gasteiger partial charge in [-0.15, -0.1) is 0 Å². The van der Waals surface area contributed by atoms with Crippen LogP contribution in [0.5, 0.6) is 5.75 Å². The normalized spacial score (nSPS) is 15.4. The first kappa shape index (κ1) is 15.3. The van der Waals surface area contributed by atoms with E-state index in [1.807, 2.05) is 0 Å². The molecule has 3 rings (SSSR count). The highest BCUT2D eigenvalue weighted by Gasteiger charge is 2.28. The van der Waals surface area contributed by atoms with Gasteiger partial charge in [-0.1, -0.05) is 0 Å². The van der Waals surface area contributed by atoms with E-state index in [0.717, 1.165) is 5.75 Å². The van der Waals surface area contributed by atoms with Crippen molar-refractivity contribution in [3.63, 3.8) is 0 Å². The van der Waals surface area contributed by atoms with Crippen molar-refractivity contribution < 1.29 is 18.7 Å². The van der Waals surface area contributed by atoms with Crippen molar-refractivity contribution in [1.29, 1.82) is 0 Å². The van der Waals surface area contributed by atoms with Crippen LogP contribution in [-0.2, 0) is 0 Å². The fourth-order valence-electron chi connectivity index (χ4n) is 2.90. The van der Waals surface area contributed by atoms with Gasteiger partial charge in [0.1, 0.15) is 12.0 Å². The third-order valence-electron chi connectivity index (χ3n) is 4.30. The molecule has 0 N–H and O–H groups in total. The van der Waals surface area contributed by atoms with E-state index in [0.29, 0.717) is 37.1 Å². The Kier molecular flexibility index (Phi) is 4.46. The van der Waals surface area contributed by atoms with Crippen LogP contribution in [0.4, 0.5) is 0 Å². The zero-order valence-corrected chi connectivity index (χ0v) is 13.0. The first-order valence-electron chi connectivity index (χ1n) is 7.69. The minimum Gasteiger partial charge on any atom is -0.497 e. The first-order chi connectivity index (χ1) is 11.2. The van der Waals surface area contributed by atoms with E-state index < -0.39 is 0 Å². The quantitative estimate of drug-likeness (QED) is 0.814. The van der Waals surface area contributed by atoms with Crippen molar-refractivity contribution in [2.45, 2.75) is 12.8 Å². The van der Waals surface area contributed by atoms with Crippen molar-refractivity contribution in [2.24, 2.45) is 5.92 Å². The van der Waals surface area contributed by atoms with Crippen LogP contribution in [-0.4, -0.2) is 36.8 Å². The molecule has 1 aliphatic rings. The number of methoxy groups -OCH3 is 1. The molecule has 1 aromatic heterocycles. The van der Waals surface area contributed by atoms with Crippen molar-refractivity contribution in [3.05, 3.63) is 54.0 Å². The van der Waals surface area contributed by atoms with Crippen molar-refractivity contribution in [1.82, 2.24) is 4.90 Å². The van der Waals surface area contributed by atoms with Crippen molar-refractivity contribution in [2.75, 3.05) is 20.2 Å². The van der Waals surface area contributed by atoms with Crippen LogP contribution in [0.15, 0.2) is 47.3 Å². The summed E-state index contributed by atoms with van der Waals surface area (Å²) in [6.45, 7) is 1.19. The molecule has 1 fully saturated rings. The molecule has 1 aromatic carbocycles.